The average Bonchev–Trinajstić information content (AvgIpc) is 3.30. The van der Waals surface area contributed by atoms with Crippen LogP contribution in [0.25, 0.3) is 0 Å². The molecular weight excluding hydrogens is 376 g/mol. The van der Waals surface area contributed by atoms with E-state index in [1.165, 1.54) is 0 Å². The molecule has 1 aromatic rings. The van der Waals surface area contributed by atoms with E-state index < -0.39 is 0 Å². The minimum atomic E-state index is -0.0595. The number of carbonyl (C=O) groups excluding carboxylic acids is 3. The molecule has 1 aromatic carbocycles. The summed E-state index contributed by atoms with van der Waals surface area (Å²) in [5.74, 6) is 0.896. The fourth-order valence-corrected chi connectivity index (χ4v) is 5.24. The topological polar surface area (TPSA) is 99.3 Å². The van der Waals surface area contributed by atoms with Crippen molar-refractivity contribution in [2.45, 2.75) is 61.9 Å². The molecule has 2 aliphatic heterocycles. The Morgan fingerprint density at radius 3 is 2.64 bits per heavy atom. The summed E-state index contributed by atoms with van der Waals surface area (Å²) in [4.78, 5) is 35.5. The highest BCUT2D eigenvalue weighted by Gasteiger charge is 2.42. The first-order valence-corrected chi connectivity index (χ1v) is 11.0. The van der Waals surface area contributed by atoms with Crippen LogP contribution >= 0.6 is 11.8 Å². The van der Waals surface area contributed by atoms with Gasteiger partial charge in [-0.2, -0.15) is 11.8 Å². The van der Waals surface area contributed by atoms with Crippen molar-refractivity contribution < 1.29 is 14.4 Å². The molecule has 28 heavy (non-hydrogen) atoms. The largest absolute Gasteiger partial charge is 0.349 e. The molecule has 7 nitrogen and oxygen atoms in total. The van der Waals surface area contributed by atoms with E-state index in [1.54, 1.807) is 24.3 Å². The fraction of sp³-hybridized carbons (Fsp3) is 0.550. The van der Waals surface area contributed by atoms with Crippen LogP contribution in [0.1, 0.15) is 48.9 Å². The molecule has 0 unspecified atom stereocenters. The molecule has 0 aromatic heterocycles. The summed E-state index contributed by atoms with van der Waals surface area (Å²) in [6.45, 7) is 0. The van der Waals surface area contributed by atoms with Gasteiger partial charge in [0.1, 0.15) is 0 Å². The maximum atomic E-state index is 12.1. The van der Waals surface area contributed by atoms with E-state index in [9.17, 15) is 14.4 Å². The van der Waals surface area contributed by atoms with Gasteiger partial charge in [-0.05, 0) is 49.9 Å². The van der Waals surface area contributed by atoms with Crippen molar-refractivity contribution in [2.24, 2.45) is 0 Å². The molecule has 1 saturated carbocycles. The molecule has 8 heteroatoms. The predicted octanol–water partition coefficient (Wildman–Crippen LogP) is 2.24. The number of benzene rings is 1. The van der Waals surface area contributed by atoms with Crippen LogP contribution in [-0.2, 0) is 4.79 Å². The van der Waals surface area contributed by atoms with Gasteiger partial charge in [0, 0.05) is 34.7 Å². The van der Waals surface area contributed by atoms with Crippen LogP contribution in [0.2, 0.25) is 0 Å². The van der Waals surface area contributed by atoms with Crippen LogP contribution < -0.4 is 21.3 Å². The average molecular weight is 403 g/mol. The van der Waals surface area contributed by atoms with Gasteiger partial charge in [0.15, 0.2) is 0 Å². The van der Waals surface area contributed by atoms with Crippen LogP contribution in [0.15, 0.2) is 24.3 Å². The molecule has 3 fully saturated rings. The molecule has 4 amide bonds. The number of amides is 4. The maximum Gasteiger partial charge on any atom is 0.315 e. The lowest BCUT2D eigenvalue weighted by Crippen LogP contribution is -2.36. The Bertz CT molecular complexity index is 750. The van der Waals surface area contributed by atoms with E-state index in [4.69, 9.17) is 0 Å². The van der Waals surface area contributed by atoms with E-state index in [0.717, 1.165) is 37.9 Å². The van der Waals surface area contributed by atoms with Crippen molar-refractivity contribution >= 4 is 35.3 Å². The van der Waals surface area contributed by atoms with Crippen LogP contribution in [0.3, 0.4) is 0 Å². The monoisotopic (exact) mass is 402 g/mol. The van der Waals surface area contributed by atoms with Gasteiger partial charge in [-0.15, -0.1) is 0 Å². The number of nitrogens with one attached hydrogen (secondary N) is 4. The van der Waals surface area contributed by atoms with E-state index >= 15 is 0 Å². The standard InChI is InChI=1S/C20H26N4O3S/c25-17(4-2-1-3-16-18-15(11-28-16)23-20(27)24-18)21-13-7-5-12(6-8-13)19(26)22-14-9-10-14/h5-8,14-16,18H,1-4,9-11H2,(H,21,25)(H,22,26)(H2,23,24,27)/t15-,16-,18-/m0/s1. The third-order valence-electron chi connectivity index (χ3n) is 5.42. The third kappa shape index (κ3) is 4.79. The predicted molar refractivity (Wildman–Crippen MR) is 110 cm³/mol. The van der Waals surface area contributed by atoms with E-state index in [2.05, 4.69) is 21.3 Å². The summed E-state index contributed by atoms with van der Waals surface area (Å²) >= 11 is 1.90. The van der Waals surface area contributed by atoms with E-state index in [-0.39, 0.29) is 29.9 Å². The Balaban J connectivity index is 1.14. The van der Waals surface area contributed by atoms with Crippen molar-refractivity contribution in [1.29, 1.82) is 0 Å². The molecular formula is C20H26N4O3S. The van der Waals surface area contributed by atoms with E-state index in [1.807, 2.05) is 11.8 Å². The zero-order valence-corrected chi connectivity index (χ0v) is 16.5. The minimum absolute atomic E-state index is 0.0111. The highest BCUT2D eigenvalue weighted by atomic mass is 32.2. The Labute approximate surface area is 168 Å². The number of rotatable bonds is 8. The summed E-state index contributed by atoms with van der Waals surface area (Å²) in [7, 11) is 0. The zero-order chi connectivity index (χ0) is 19.5. The third-order valence-corrected chi connectivity index (χ3v) is 6.93. The van der Waals surface area contributed by atoms with Crippen LogP contribution in [0, 0.1) is 0 Å². The first kappa shape index (κ1) is 19.1. The van der Waals surface area contributed by atoms with Crippen molar-refractivity contribution in [2.75, 3.05) is 11.1 Å². The van der Waals surface area contributed by atoms with Crippen LogP contribution in [0.5, 0.6) is 0 Å². The fourth-order valence-electron chi connectivity index (χ4n) is 3.70. The maximum absolute atomic E-state index is 12.1. The lowest BCUT2D eigenvalue weighted by molar-refractivity contribution is -0.116. The summed E-state index contributed by atoms with van der Waals surface area (Å²) in [6.07, 6.45) is 5.39. The Morgan fingerprint density at radius 1 is 1.11 bits per heavy atom. The summed E-state index contributed by atoms with van der Waals surface area (Å²) < 4.78 is 0. The second-order valence-corrected chi connectivity index (χ2v) is 9.01. The Kier molecular flexibility index (Phi) is 5.75. The normalized spacial score (nSPS) is 25.6. The number of urea groups is 1. The lowest BCUT2D eigenvalue weighted by atomic mass is 10.0. The highest BCUT2D eigenvalue weighted by molar-refractivity contribution is 8.00. The van der Waals surface area contributed by atoms with Crippen molar-refractivity contribution in [3.05, 3.63) is 29.8 Å². The number of unbranched alkanes of at least 4 members (excludes halogenated alkanes) is 1. The molecule has 150 valence electrons. The Hall–Kier alpha value is -2.22. The summed E-state index contributed by atoms with van der Waals surface area (Å²) in [5.41, 5.74) is 1.33. The smallest absolute Gasteiger partial charge is 0.315 e. The molecule has 2 heterocycles. The highest BCUT2D eigenvalue weighted by Crippen LogP contribution is 2.33. The van der Waals surface area contributed by atoms with Gasteiger partial charge in [0.2, 0.25) is 5.91 Å². The number of carbonyl (C=O) groups is 3. The quantitative estimate of drug-likeness (QED) is 0.396. The van der Waals surface area contributed by atoms with E-state index in [0.29, 0.717) is 29.0 Å². The van der Waals surface area contributed by atoms with Crippen molar-refractivity contribution in [3.8, 4) is 0 Å². The Morgan fingerprint density at radius 2 is 1.89 bits per heavy atom. The van der Waals surface area contributed by atoms with Gasteiger partial charge in [-0.1, -0.05) is 6.42 Å². The molecule has 4 rings (SSSR count). The first-order chi connectivity index (χ1) is 13.6. The van der Waals surface area contributed by atoms with Gasteiger partial charge in [0.05, 0.1) is 12.1 Å². The SMILES string of the molecule is O=C(CCCC[C@@H]1SC[C@@H]2NC(=O)N[C@@H]21)Nc1ccc(C(=O)NC2CC2)cc1. The van der Waals surface area contributed by atoms with Gasteiger partial charge in [-0.25, -0.2) is 4.79 Å². The molecule has 2 saturated heterocycles. The number of hydrogen-bond donors (Lipinski definition) is 4. The molecule has 3 aliphatic rings. The van der Waals surface area contributed by atoms with Crippen LogP contribution in [0.4, 0.5) is 10.5 Å². The van der Waals surface area contributed by atoms with Gasteiger partial charge >= 0.3 is 6.03 Å². The van der Waals surface area contributed by atoms with Crippen LogP contribution in [-0.4, -0.2) is 47.0 Å². The summed E-state index contributed by atoms with van der Waals surface area (Å²) in [6, 6.07) is 7.77. The molecule has 0 bridgehead atoms. The molecule has 1 aliphatic carbocycles. The number of fused-ring (bicyclic) bond motifs is 1. The summed E-state index contributed by atoms with van der Waals surface area (Å²) in [5, 5.41) is 12.2. The van der Waals surface area contributed by atoms with Crippen molar-refractivity contribution in [1.82, 2.24) is 16.0 Å². The lowest BCUT2D eigenvalue weighted by Gasteiger charge is -2.16. The number of thioether (sulfide) groups is 1. The number of hydrogen-bond acceptors (Lipinski definition) is 4. The van der Waals surface area contributed by atoms with Crippen molar-refractivity contribution in [3.63, 3.8) is 0 Å². The zero-order valence-electron chi connectivity index (χ0n) is 15.7. The number of anilines is 1. The molecule has 3 atom stereocenters. The molecule has 0 spiro atoms. The first-order valence-electron chi connectivity index (χ1n) is 9.98. The molecule has 4 N–H and O–H groups in total. The molecule has 0 radical (unpaired) electrons. The van der Waals surface area contributed by atoms with Gasteiger partial charge in [-0.3, -0.25) is 9.59 Å². The second kappa shape index (κ2) is 8.43. The minimum Gasteiger partial charge on any atom is -0.349 e. The second-order valence-electron chi connectivity index (χ2n) is 7.74. The van der Waals surface area contributed by atoms with Gasteiger partial charge in [0.25, 0.3) is 5.91 Å². The van der Waals surface area contributed by atoms with Gasteiger partial charge < -0.3 is 21.3 Å².